The van der Waals surface area contributed by atoms with E-state index >= 15 is 0 Å². The highest BCUT2D eigenvalue weighted by molar-refractivity contribution is 5.22. The lowest BCUT2D eigenvalue weighted by Crippen LogP contribution is -2.23. The van der Waals surface area contributed by atoms with Gasteiger partial charge in [-0.1, -0.05) is 25.1 Å². The molecule has 1 nitrogen and oxygen atoms in total. The van der Waals surface area contributed by atoms with Gasteiger partial charge >= 0.3 is 0 Å². The zero-order valence-electron chi connectivity index (χ0n) is 8.54. The van der Waals surface area contributed by atoms with E-state index in [0.29, 0.717) is 6.04 Å². The van der Waals surface area contributed by atoms with E-state index in [9.17, 15) is 4.39 Å². The van der Waals surface area contributed by atoms with Crippen molar-refractivity contribution in [3.05, 3.63) is 35.6 Å². The van der Waals surface area contributed by atoms with Crippen LogP contribution in [0.4, 0.5) is 4.39 Å². The molecule has 0 amide bonds. The number of benzene rings is 1. The van der Waals surface area contributed by atoms with Crippen LogP contribution in [0.1, 0.15) is 31.4 Å². The van der Waals surface area contributed by atoms with Gasteiger partial charge in [-0.3, -0.25) is 4.90 Å². The van der Waals surface area contributed by atoms with Crippen molar-refractivity contribution in [1.82, 2.24) is 4.90 Å². The number of likely N-dealkylation sites (tertiary alicyclic amines) is 1. The summed E-state index contributed by atoms with van der Waals surface area (Å²) < 4.78 is 13.5. The molecule has 0 aliphatic carbocycles. The minimum atomic E-state index is -0.0575. The third kappa shape index (κ3) is 1.67. The molecule has 0 radical (unpaired) electrons. The van der Waals surface area contributed by atoms with Crippen LogP contribution in [0.3, 0.4) is 0 Å². The maximum atomic E-state index is 13.5. The quantitative estimate of drug-likeness (QED) is 0.698. The van der Waals surface area contributed by atoms with E-state index in [-0.39, 0.29) is 5.82 Å². The molecule has 2 heteroatoms. The molecule has 0 spiro atoms. The Kier molecular flexibility index (Phi) is 2.82. The molecule has 1 saturated heterocycles. The Morgan fingerprint density at radius 1 is 1.43 bits per heavy atom. The Morgan fingerprint density at radius 3 is 2.93 bits per heavy atom. The molecule has 0 saturated carbocycles. The fourth-order valence-electron chi connectivity index (χ4n) is 2.30. The first kappa shape index (κ1) is 9.66. The molecule has 0 bridgehead atoms. The number of rotatable bonds is 2. The van der Waals surface area contributed by atoms with Gasteiger partial charge < -0.3 is 0 Å². The van der Waals surface area contributed by atoms with Crippen molar-refractivity contribution in [1.29, 1.82) is 0 Å². The zero-order chi connectivity index (χ0) is 9.97. The predicted molar refractivity (Wildman–Crippen MR) is 55.6 cm³/mol. The van der Waals surface area contributed by atoms with Gasteiger partial charge in [0.2, 0.25) is 0 Å². The lowest BCUT2D eigenvalue weighted by molar-refractivity contribution is 0.266. The first-order valence-electron chi connectivity index (χ1n) is 5.31. The summed E-state index contributed by atoms with van der Waals surface area (Å²) >= 11 is 0. The fourth-order valence-corrected chi connectivity index (χ4v) is 2.30. The van der Waals surface area contributed by atoms with Crippen LogP contribution in [0.5, 0.6) is 0 Å². The Hall–Kier alpha value is -0.890. The van der Waals surface area contributed by atoms with Gasteiger partial charge in [0.15, 0.2) is 0 Å². The molecule has 1 atom stereocenters. The largest absolute Gasteiger partial charge is 0.297 e. The van der Waals surface area contributed by atoms with E-state index in [0.717, 1.165) is 25.1 Å². The summed E-state index contributed by atoms with van der Waals surface area (Å²) in [6.45, 7) is 4.26. The summed E-state index contributed by atoms with van der Waals surface area (Å²) in [5.41, 5.74) is 0.867. The van der Waals surface area contributed by atoms with E-state index in [2.05, 4.69) is 11.8 Å². The van der Waals surface area contributed by atoms with Gasteiger partial charge in [-0.2, -0.15) is 0 Å². The summed E-state index contributed by atoms with van der Waals surface area (Å²) in [7, 11) is 0. The van der Waals surface area contributed by atoms with Crippen LogP contribution in [0.25, 0.3) is 0 Å². The molecule has 14 heavy (non-hydrogen) atoms. The zero-order valence-corrected chi connectivity index (χ0v) is 8.54. The van der Waals surface area contributed by atoms with Crippen LogP contribution < -0.4 is 0 Å². The minimum absolute atomic E-state index is 0.0575. The molecule has 1 aliphatic rings. The second kappa shape index (κ2) is 4.09. The summed E-state index contributed by atoms with van der Waals surface area (Å²) in [6.07, 6.45) is 2.28. The van der Waals surface area contributed by atoms with Gasteiger partial charge in [-0.15, -0.1) is 0 Å². The normalized spacial score (nSPS) is 22.9. The number of hydrogen-bond donors (Lipinski definition) is 0. The summed E-state index contributed by atoms with van der Waals surface area (Å²) in [4.78, 5) is 2.35. The molecule has 1 heterocycles. The molecule has 1 fully saturated rings. The Bertz CT molecular complexity index is 311. The Labute approximate surface area is 84.5 Å². The standard InChI is InChI=1S/C12H16FN/c1-2-14-9-5-8-12(14)10-6-3-4-7-11(10)13/h3-4,6-7,12H,2,5,8-9H2,1H3. The number of hydrogen-bond acceptors (Lipinski definition) is 1. The second-order valence-corrected chi connectivity index (χ2v) is 3.81. The van der Waals surface area contributed by atoms with Crippen LogP contribution in [0, 0.1) is 5.82 Å². The molecular weight excluding hydrogens is 177 g/mol. The van der Waals surface area contributed by atoms with Gasteiger partial charge in [0.05, 0.1) is 0 Å². The van der Waals surface area contributed by atoms with Gasteiger partial charge in [0.1, 0.15) is 5.82 Å². The molecular formula is C12H16FN. The highest BCUT2D eigenvalue weighted by atomic mass is 19.1. The second-order valence-electron chi connectivity index (χ2n) is 3.81. The smallest absolute Gasteiger partial charge is 0.127 e. The number of nitrogens with zero attached hydrogens (tertiary/aromatic N) is 1. The van der Waals surface area contributed by atoms with E-state index < -0.39 is 0 Å². The van der Waals surface area contributed by atoms with Crippen LogP contribution in [0.15, 0.2) is 24.3 Å². The number of halogens is 1. The van der Waals surface area contributed by atoms with Gasteiger partial charge in [-0.25, -0.2) is 4.39 Å². The molecule has 0 N–H and O–H groups in total. The summed E-state index contributed by atoms with van der Waals surface area (Å²) in [5, 5.41) is 0. The molecule has 1 aromatic rings. The van der Waals surface area contributed by atoms with E-state index in [1.807, 2.05) is 12.1 Å². The predicted octanol–water partition coefficient (Wildman–Crippen LogP) is 2.98. The van der Waals surface area contributed by atoms with Crippen molar-refractivity contribution in [2.75, 3.05) is 13.1 Å². The van der Waals surface area contributed by atoms with Crippen LogP contribution >= 0.6 is 0 Å². The van der Waals surface area contributed by atoms with Gasteiger partial charge in [-0.05, 0) is 32.0 Å². The van der Waals surface area contributed by atoms with E-state index in [1.54, 1.807) is 12.1 Å². The van der Waals surface area contributed by atoms with Gasteiger partial charge in [0, 0.05) is 11.6 Å². The van der Waals surface area contributed by atoms with Crippen molar-refractivity contribution in [2.45, 2.75) is 25.8 Å². The first-order chi connectivity index (χ1) is 6.83. The Balaban J connectivity index is 2.26. The van der Waals surface area contributed by atoms with Gasteiger partial charge in [0.25, 0.3) is 0 Å². The van der Waals surface area contributed by atoms with Crippen molar-refractivity contribution in [3.8, 4) is 0 Å². The average molecular weight is 193 g/mol. The van der Waals surface area contributed by atoms with Crippen LogP contribution in [-0.2, 0) is 0 Å². The van der Waals surface area contributed by atoms with Crippen molar-refractivity contribution in [3.63, 3.8) is 0 Å². The Morgan fingerprint density at radius 2 is 2.21 bits per heavy atom. The topological polar surface area (TPSA) is 3.24 Å². The highest BCUT2D eigenvalue weighted by Gasteiger charge is 2.26. The first-order valence-corrected chi connectivity index (χ1v) is 5.31. The van der Waals surface area contributed by atoms with Crippen molar-refractivity contribution < 1.29 is 4.39 Å². The minimum Gasteiger partial charge on any atom is -0.297 e. The van der Waals surface area contributed by atoms with E-state index in [4.69, 9.17) is 0 Å². The monoisotopic (exact) mass is 193 g/mol. The third-order valence-electron chi connectivity index (χ3n) is 3.03. The molecule has 2 rings (SSSR count). The molecule has 1 aromatic carbocycles. The lowest BCUT2D eigenvalue weighted by atomic mass is 10.0. The maximum Gasteiger partial charge on any atom is 0.127 e. The summed E-state index contributed by atoms with van der Waals surface area (Å²) in [6, 6.07) is 7.45. The fraction of sp³-hybridized carbons (Fsp3) is 0.500. The van der Waals surface area contributed by atoms with Crippen molar-refractivity contribution >= 4 is 0 Å². The highest BCUT2D eigenvalue weighted by Crippen LogP contribution is 2.32. The van der Waals surface area contributed by atoms with Crippen molar-refractivity contribution in [2.24, 2.45) is 0 Å². The SMILES string of the molecule is CCN1CCCC1c1ccccc1F. The van der Waals surface area contributed by atoms with Crippen LogP contribution in [-0.4, -0.2) is 18.0 Å². The maximum absolute atomic E-state index is 13.5. The lowest BCUT2D eigenvalue weighted by Gasteiger charge is -2.23. The van der Waals surface area contributed by atoms with Crippen LogP contribution in [0.2, 0.25) is 0 Å². The molecule has 1 unspecified atom stereocenters. The average Bonchev–Trinajstić information content (AvgIpc) is 2.66. The summed E-state index contributed by atoms with van der Waals surface area (Å²) in [5.74, 6) is -0.0575. The molecule has 76 valence electrons. The van der Waals surface area contributed by atoms with E-state index in [1.165, 1.54) is 6.42 Å². The third-order valence-corrected chi connectivity index (χ3v) is 3.03. The molecule has 0 aromatic heterocycles. The molecule has 1 aliphatic heterocycles.